The summed E-state index contributed by atoms with van der Waals surface area (Å²) in [6, 6.07) is 6.94. The molecule has 0 saturated heterocycles. The van der Waals surface area contributed by atoms with Crippen molar-refractivity contribution in [2.45, 2.75) is 43.8 Å². The van der Waals surface area contributed by atoms with Crippen LogP contribution in [0.15, 0.2) is 24.3 Å². The molecule has 1 saturated carbocycles. The van der Waals surface area contributed by atoms with Crippen molar-refractivity contribution in [1.29, 1.82) is 0 Å². The largest absolute Gasteiger partial charge is 0.481 e. The van der Waals surface area contributed by atoms with Crippen molar-refractivity contribution in [3.8, 4) is 0 Å². The van der Waals surface area contributed by atoms with E-state index in [1.54, 1.807) is 24.3 Å². The maximum atomic E-state index is 12.2. The maximum Gasteiger partial charge on any atom is 0.303 e. The number of sulfonamides is 1. The van der Waals surface area contributed by atoms with Gasteiger partial charge < -0.3 is 5.11 Å². The Hall–Kier alpha value is -1.56. The van der Waals surface area contributed by atoms with Gasteiger partial charge in [0.05, 0.1) is 5.25 Å². The van der Waals surface area contributed by atoms with Crippen molar-refractivity contribution in [3.05, 3.63) is 29.8 Å². The molecule has 0 amide bonds. The van der Waals surface area contributed by atoms with E-state index in [1.807, 2.05) is 0 Å². The number of aryl methyl sites for hydroxylation is 1. The van der Waals surface area contributed by atoms with Gasteiger partial charge in [-0.05, 0) is 37.0 Å². The van der Waals surface area contributed by atoms with E-state index in [9.17, 15) is 13.2 Å². The summed E-state index contributed by atoms with van der Waals surface area (Å²) in [7, 11) is -3.33. The maximum absolute atomic E-state index is 12.2. The number of nitrogens with one attached hydrogen (secondary N) is 1. The highest BCUT2D eigenvalue weighted by Gasteiger charge is 2.28. The first-order chi connectivity index (χ1) is 9.47. The van der Waals surface area contributed by atoms with Crippen molar-refractivity contribution in [1.82, 2.24) is 0 Å². The van der Waals surface area contributed by atoms with E-state index in [2.05, 4.69) is 4.72 Å². The molecular formula is C14H19NO4S. The predicted molar refractivity (Wildman–Crippen MR) is 77.2 cm³/mol. The molecule has 1 fully saturated rings. The van der Waals surface area contributed by atoms with Crippen LogP contribution in [0.3, 0.4) is 0 Å². The Kier molecular flexibility index (Phi) is 4.65. The molecule has 0 unspecified atom stereocenters. The second-order valence-electron chi connectivity index (χ2n) is 5.15. The van der Waals surface area contributed by atoms with Gasteiger partial charge in [-0.3, -0.25) is 9.52 Å². The highest BCUT2D eigenvalue weighted by molar-refractivity contribution is 7.93. The van der Waals surface area contributed by atoms with Gasteiger partial charge in [0, 0.05) is 12.1 Å². The van der Waals surface area contributed by atoms with Gasteiger partial charge in [-0.15, -0.1) is 0 Å². The summed E-state index contributed by atoms with van der Waals surface area (Å²) in [6.45, 7) is 0. The summed E-state index contributed by atoms with van der Waals surface area (Å²) < 4.78 is 27.0. The summed E-state index contributed by atoms with van der Waals surface area (Å²) in [5.74, 6) is -0.859. The molecule has 1 aromatic carbocycles. The van der Waals surface area contributed by atoms with E-state index >= 15 is 0 Å². The van der Waals surface area contributed by atoms with Crippen molar-refractivity contribution < 1.29 is 18.3 Å². The van der Waals surface area contributed by atoms with Gasteiger partial charge in [-0.25, -0.2) is 8.42 Å². The zero-order valence-electron chi connectivity index (χ0n) is 11.2. The summed E-state index contributed by atoms with van der Waals surface area (Å²) in [5.41, 5.74) is 1.33. The molecular weight excluding hydrogens is 278 g/mol. The smallest absolute Gasteiger partial charge is 0.303 e. The van der Waals surface area contributed by atoms with Crippen LogP contribution < -0.4 is 4.72 Å². The third-order valence-corrected chi connectivity index (χ3v) is 5.42. The van der Waals surface area contributed by atoms with Crippen LogP contribution in [0.1, 0.15) is 37.7 Å². The number of carboxylic acids is 1. The molecule has 1 aromatic rings. The summed E-state index contributed by atoms with van der Waals surface area (Å²) in [4.78, 5) is 10.5. The normalized spacial score (nSPS) is 16.2. The van der Waals surface area contributed by atoms with E-state index < -0.39 is 16.0 Å². The highest BCUT2D eigenvalue weighted by atomic mass is 32.2. The van der Waals surface area contributed by atoms with E-state index in [1.165, 1.54) is 0 Å². The standard InChI is InChI=1S/C14H19NO4S/c16-14(17)9-8-11-4-3-5-12(10-11)15-20(18,19)13-6-1-2-7-13/h3-5,10,13,15H,1-2,6-9H2,(H,16,17). The van der Waals surface area contributed by atoms with Gasteiger partial charge in [-0.2, -0.15) is 0 Å². The van der Waals surface area contributed by atoms with Crippen LogP contribution in [0.5, 0.6) is 0 Å². The summed E-state index contributed by atoms with van der Waals surface area (Å²) in [5, 5.41) is 8.36. The number of hydrogen-bond acceptors (Lipinski definition) is 3. The molecule has 0 radical (unpaired) electrons. The van der Waals surface area contributed by atoms with Crippen LogP contribution in [-0.4, -0.2) is 24.7 Å². The number of carboxylic acid groups (broad SMARTS) is 1. The first kappa shape index (κ1) is 14.8. The number of aliphatic carboxylic acids is 1. The van der Waals surface area contributed by atoms with Crippen molar-refractivity contribution in [2.75, 3.05) is 4.72 Å². The van der Waals surface area contributed by atoms with E-state index in [0.717, 1.165) is 18.4 Å². The van der Waals surface area contributed by atoms with Gasteiger partial charge >= 0.3 is 5.97 Å². The average molecular weight is 297 g/mol. The van der Waals surface area contributed by atoms with Crippen molar-refractivity contribution in [2.24, 2.45) is 0 Å². The lowest BCUT2D eigenvalue weighted by Gasteiger charge is -2.14. The van der Waals surface area contributed by atoms with Crippen molar-refractivity contribution in [3.63, 3.8) is 0 Å². The first-order valence-electron chi connectivity index (χ1n) is 6.80. The number of carbonyl (C=O) groups is 1. The number of rotatable bonds is 6. The zero-order chi connectivity index (χ0) is 14.6. The Bertz CT molecular complexity index is 577. The van der Waals surface area contributed by atoms with Gasteiger partial charge in [0.1, 0.15) is 0 Å². The molecule has 110 valence electrons. The molecule has 6 heteroatoms. The molecule has 20 heavy (non-hydrogen) atoms. The minimum absolute atomic E-state index is 0.0405. The third kappa shape index (κ3) is 3.96. The minimum atomic E-state index is -3.33. The molecule has 0 heterocycles. The topological polar surface area (TPSA) is 83.5 Å². The van der Waals surface area contributed by atoms with Crippen LogP contribution in [0.25, 0.3) is 0 Å². The predicted octanol–water partition coefficient (Wildman–Crippen LogP) is 2.39. The minimum Gasteiger partial charge on any atom is -0.481 e. The first-order valence-corrected chi connectivity index (χ1v) is 8.34. The summed E-state index contributed by atoms with van der Waals surface area (Å²) >= 11 is 0. The molecule has 2 rings (SSSR count). The quantitative estimate of drug-likeness (QED) is 0.844. The Morgan fingerprint density at radius 1 is 1.30 bits per heavy atom. The molecule has 2 N–H and O–H groups in total. The molecule has 1 aliphatic rings. The molecule has 0 spiro atoms. The van der Waals surface area contributed by atoms with E-state index in [-0.39, 0.29) is 11.7 Å². The van der Waals surface area contributed by atoms with E-state index in [0.29, 0.717) is 24.9 Å². The lowest BCUT2D eigenvalue weighted by molar-refractivity contribution is -0.136. The van der Waals surface area contributed by atoms with Crippen LogP contribution >= 0.6 is 0 Å². The van der Waals surface area contributed by atoms with Gasteiger partial charge in [0.2, 0.25) is 10.0 Å². The monoisotopic (exact) mass is 297 g/mol. The fourth-order valence-corrected chi connectivity index (χ4v) is 4.06. The Labute approximate surface area is 119 Å². The molecule has 0 atom stereocenters. The molecule has 1 aliphatic carbocycles. The van der Waals surface area contributed by atoms with Crippen molar-refractivity contribution >= 4 is 21.7 Å². The second kappa shape index (κ2) is 6.26. The van der Waals surface area contributed by atoms with Crippen LogP contribution in [-0.2, 0) is 21.2 Å². The number of hydrogen-bond donors (Lipinski definition) is 2. The number of anilines is 1. The third-order valence-electron chi connectivity index (χ3n) is 3.56. The number of benzene rings is 1. The van der Waals surface area contributed by atoms with Crippen LogP contribution in [0.2, 0.25) is 0 Å². The van der Waals surface area contributed by atoms with Crippen LogP contribution in [0, 0.1) is 0 Å². The lowest BCUT2D eigenvalue weighted by Crippen LogP contribution is -2.25. The fourth-order valence-electron chi connectivity index (χ4n) is 2.49. The molecule has 0 aliphatic heterocycles. The van der Waals surface area contributed by atoms with Gasteiger partial charge in [0.15, 0.2) is 0 Å². The fraction of sp³-hybridized carbons (Fsp3) is 0.500. The zero-order valence-corrected chi connectivity index (χ0v) is 12.0. The van der Waals surface area contributed by atoms with E-state index in [4.69, 9.17) is 5.11 Å². The SMILES string of the molecule is O=C(O)CCc1cccc(NS(=O)(=O)C2CCCC2)c1. The van der Waals surface area contributed by atoms with Gasteiger partial charge in [-0.1, -0.05) is 25.0 Å². The highest BCUT2D eigenvalue weighted by Crippen LogP contribution is 2.26. The second-order valence-corrected chi connectivity index (χ2v) is 7.11. The summed E-state index contributed by atoms with van der Waals surface area (Å²) in [6.07, 6.45) is 3.80. The van der Waals surface area contributed by atoms with Crippen LogP contribution in [0.4, 0.5) is 5.69 Å². The molecule has 0 aromatic heterocycles. The molecule has 5 nitrogen and oxygen atoms in total. The van der Waals surface area contributed by atoms with Gasteiger partial charge in [0.25, 0.3) is 0 Å². The lowest BCUT2D eigenvalue weighted by atomic mass is 10.1. The Morgan fingerprint density at radius 2 is 2.00 bits per heavy atom. The average Bonchev–Trinajstić information content (AvgIpc) is 2.91. The Balaban J connectivity index is 2.05. The molecule has 0 bridgehead atoms. The Morgan fingerprint density at radius 3 is 2.65 bits per heavy atom.